The Morgan fingerprint density at radius 1 is 1.23 bits per heavy atom. The second kappa shape index (κ2) is 7.92. The van der Waals surface area contributed by atoms with E-state index in [1.165, 1.54) is 0 Å². The third kappa shape index (κ3) is 3.81. The molecule has 4 aromatic rings. The van der Waals surface area contributed by atoms with Crippen LogP contribution in [0.2, 0.25) is 0 Å². The van der Waals surface area contributed by atoms with Crippen LogP contribution in [0.25, 0.3) is 22.2 Å². The van der Waals surface area contributed by atoms with Gasteiger partial charge in [-0.3, -0.25) is 9.48 Å². The summed E-state index contributed by atoms with van der Waals surface area (Å²) in [4.78, 5) is 26.3. The summed E-state index contributed by atoms with van der Waals surface area (Å²) in [7, 11) is 1.87. The summed E-state index contributed by atoms with van der Waals surface area (Å²) in [5.41, 5.74) is 2.96. The molecule has 0 aliphatic carbocycles. The Labute approximate surface area is 177 Å². The van der Waals surface area contributed by atoms with Gasteiger partial charge in [0.2, 0.25) is 0 Å². The Kier molecular flexibility index (Phi) is 4.97. The Balaban J connectivity index is 1.35. The number of aromatic nitrogens is 5. The Morgan fingerprint density at radius 2 is 2.10 bits per heavy atom. The first-order chi connectivity index (χ1) is 14.7. The summed E-state index contributed by atoms with van der Waals surface area (Å²) in [5, 5.41) is 14.2. The van der Waals surface area contributed by atoms with Gasteiger partial charge in [-0.25, -0.2) is 15.0 Å². The zero-order valence-corrected chi connectivity index (χ0v) is 17.3. The van der Waals surface area contributed by atoms with Crippen molar-refractivity contribution in [3.05, 3.63) is 52.9 Å². The third-order valence-electron chi connectivity index (χ3n) is 5.26. The van der Waals surface area contributed by atoms with Crippen LogP contribution in [0.3, 0.4) is 0 Å². The smallest absolute Gasteiger partial charge is 0.276 e. The first-order valence-corrected chi connectivity index (χ1v) is 10.8. The molecule has 9 heteroatoms. The van der Waals surface area contributed by atoms with Crippen molar-refractivity contribution in [2.75, 3.05) is 18.4 Å². The molecule has 0 unspecified atom stereocenters. The third-order valence-corrected chi connectivity index (χ3v) is 6.27. The number of nitrogens with one attached hydrogen (secondary N) is 2. The van der Waals surface area contributed by atoms with Crippen molar-refractivity contribution in [3.8, 4) is 11.3 Å². The highest BCUT2D eigenvalue weighted by Crippen LogP contribution is 2.28. The van der Waals surface area contributed by atoms with Crippen LogP contribution in [0, 0.1) is 0 Å². The summed E-state index contributed by atoms with van der Waals surface area (Å²) in [6.07, 6.45) is 7.53. The summed E-state index contributed by atoms with van der Waals surface area (Å²) in [6.45, 7) is 2.00. The van der Waals surface area contributed by atoms with E-state index in [1.807, 2.05) is 30.8 Å². The molecule has 4 aromatic heterocycles. The average molecular weight is 420 g/mol. The zero-order chi connectivity index (χ0) is 20.5. The topological polar surface area (TPSA) is 97.6 Å². The number of carbonyl (C=O) groups excluding carboxylic acids is 1. The Morgan fingerprint density at radius 3 is 2.90 bits per heavy atom. The van der Waals surface area contributed by atoms with E-state index >= 15 is 0 Å². The monoisotopic (exact) mass is 419 g/mol. The molecule has 152 valence electrons. The lowest BCUT2D eigenvalue weighted by atomic mass is 9.99. The van der Waals surface area contributed by atoms with Crippen LogP contribution in [-0.4, -0.2) is 43.7 Å². The fraction of sp³-hybridized carbons (Fsp3) is 0.286. The lowest BCUT2D eigenvalue weighted by Crippen LogP contribution is -2.26. The fourth-order valence-electron chi connectivity index (χ4n) is 3.63. The van der Waals surface area contributed by atoms with Gasteiger partial charge in [0.1, 0.15) is 11.5 Å². The van der Waals surface area contributed by atoms with Crippen molar-refractivity contribution < 1.29 is 4.79 Å². The van der Waals surface area contributed by atoms with Crippen LogP contribution in [0.1, 0.15) is 34.3 Å². The van der Waals surface area contributed by atoms with Crippen LogP contribution in [0.15, 0.2) is 42.2 Å². The lowest BCUT2D eigenvalue weighted by Gasteiger charge is -2.20. The van der Waals surface area contributed by atoms with E-state index in [9.17, 15) is 4.79 Å². The predicted molar refractivity (Wildman–Crippen MR) is 117 cm³/mol. The van der Waals surface area contributed by atoms with E-state index < -0.39 is 0 Å². The van der Waals surface area contributed by atoms with Crippen molar-refractivity contribution in [2.24, 2.45) is 7.05 Å². The highest BCUT2D eigenvalue weighted by molar-refractivity contribution is 7.10. The number of amides is 1. The Bertz CT molecular complexity index is 1210. The Hall–Kier alpha value is -3.17. The minimum atomic E-state index is -0.248. The number of nitrogens with zero attached hydrogens (tertiary/aromatic N) is 5. The van der Waals surface area contributed by atoms with Crippen molar-refractivity contribution >= 4 is 34.0 Å². The maximum absolute atomic E-state index is 12.7. The van der Waals surface area contributed by atoms with E-state index in [1.54, 1.807) is 34.5 Å². The second-order valence-electron chi connectivity index (χ2n) is 7.41. The van der Waals surface area contributed by atoms with Crippen LogP contribution < -0.4 is 10.6 Å². The van der Waals surface area contributed by atoms with Crippen molar-refractivity contribution in [3.63, 3.8) is 0 Å². The molecular weight excluding hydrogens is 398 g/mol. The summed E-state index contributed by atoms with van der Waals surface area (Å²) < 4.78 is 1.74. The SMILES string of the molecule is Cn1cc(-c2ccc3cnc(NC(=O)c4csc(C5CCNCC5)n4)cc3n2)cn1. The van der Waals surface area contributed by atoms with Gasteiger partial charge in [-0.1, -0.05) is 0 Å². The normalized spacial score (nSPS) is 14.8. The number of fused-ring (bicyclic) bond motifs is 1. The van der Waals surface area contributed by atoms with Crippen molar-refractivity contribution in [2.45, 2.75) is 18.8 Å². The first kappa shape index (κ1) is 18.8. The quantitative estimate of drug-likeness (QED) is 0.527. The van der Waals surface area contributed by atoms with E-state index in [2.05, 4.69) is 25.7 Å². The molecule has 1 aliphatic heterocycles. The first-order valence-electron chi connectivity index (χ1n) is 9.89. The number of rotatable bonds is 4. The summed E-state index contributed by atoms with van der Waals surface area (Å²) >= 11 is 1.56. The summed E-state index contributed by atoms with van der Waals surface area (Å²) in [5.74, 6) is 0.646. The minimum Gasteiger partial charge on any atom is -0.317 e. The second-order valence-corrected chi connectivity index (χ2v) is 8.30. The molecule has 2 N–H and O–H groups in total. The molecule has 1 aliphatic rings. The molecule has 0 saturated carbocycles. The van der Waals surface area contributed by atoms with Gasteiger partial charge < -0.3 is 10.6 Å². The van der Waals surface area contributed by atoms with E-state index in [-0.39, 0.29) is 5.91 Å². The maximum atomic E-state index is 12.7. The predicted octanol–water partition coefficient (Wildman–Crippen LogP) is 3.21. The standard InChI is InChI=1S/C21H21N7OS/c1-28-11-15(10-24-28)16-3-2-14-9-23-19(8-17(14)25-16)27-20(29)18-12-30-21(26-18)13-4-6-22-7-5-13/h2-3,8-13,22H,4-7H2,1H3,(H,23,27,29). The van der Waals surface area contributed by atoms with Crippen LogP contribution in [0.5, 0.6) is 0 Å². The molecule has 1 fully saturated rings. The van der Waals surface area contributed by atoms with Gasteiger partial charge in [-0.05, 0) is 38.1 Å². The number of anilines is 1. The number of pyridine rings is 2. The van der Waals surface area contributed by atoms with Crippen LogP contribution >= 0.6 is 11.3 Å². The van der Waals surface area contributed by atoms with Crippen molar-refractivity contribution in [1.82, 2.24) is 30.0 Å². The molecule has 0 bridgehead atoms. The van der Waals surface area contributed by atoms with Gasteiger partial charge >= 0.3 is 0 Å². The number of piperidine rings is 1. The molecule has 8 nitrogen and oxygen atoms in total. The minimum absolute atomic E-state index is 0.248. The molecule has 0 aromatic carbocycles. The highest BCUT2D eigenvalue weighted by Gasteiger charge is 2.20. The molecule has 0 atom stereocenters. The van der Waals surface area contributed by atoms with Gasteiger partial charge in [0, 0.05) is 47.8 Å². The van der Waals surface area contributed by atoms with Gasteiger partial charge in [0.15, 0.2) is 0 Å². The average Bonchev–Trinajstić information content (AvgIpc) is 3.43. The van der Waals surface area contributed by atoms with Gasteiger partial charge in [-0.15, -0.1) is 11.3 Å². The van der Waals surface area contributed by atoms with Gasteiger partial charge in [0.05, 0.1) is 22.4 Å². The van der Waals surface area contributed by atoms with E-state index in [0.29, 0.717) is 17.4 Å². The maximum Gasteiger partial charge on any atom is 0.276 e. The number of thiazole rings is 1. The largest absolute Gasteiger partial charge is 0.317 e. The number of hydrogen-bond donors (Lipinski definition) is 2. The van der Waals surface area contributed by atoms with Crippen LogP contribution in [-0.2, 0) is 7.05 Å². The number of aryl methyl sites for hydroxylation is 1. The molecule has 1 amide bonds. The number of hydrogen-bond acceptors (Lipinski definition) is 7. The molecule has 30 heavy (non-hydrogen) atoms. The van der Waals surface area contributed by atoms with E-state index in [0.717, 1.165) is 53.1 Å². The molecule has 1 saturated heterocycles. The van der Waals surface area contributed by atoms with E-state index in [4.69, 9.17) is 4.98 Å². The molecule has 0 spiro atoms. The number of carbonyl (C=O) groups is 1. The highest BCUT2D eigenvalue weighted by atomic mass is 32.1. The molecular formula is C21H21N7OS. The van der Waals surface area contributed by atoms with Gasteiger partial charge in [0.25, 0.3) is 5.91 Å². The van der Waals surface area contributed by atoms with Crippen molar-refractivity contribution in [1.29, 1.82) is 0 Å². The molecule has 5 heterocycles. The summed E-state index contributed by atoms with van der Waals surface area (Å²) in [6, 6.07) is 5.69. The van der Waals surface area contributed by atoms with Crippen LogP contribution in [0.4, 0.5) is 5.82 Å². The molecule has 0 radical (unpaired) electrons. The fourth-order valence-corrected chi connectivity index (χ4v) is 4.60. The van der Waals surface area contributed by atoms with Gasteiger partial charge in [-0.2, -0.15) is 5.10 Å². The molecule has 5 rings (SSSR count). The zero-order valence-electron chi connectivity index (χ0n) is 16.5. The lowest BCUT2D eigenvalue weighted by molar-refractivity contribution is 0.102.